The lowest BCUT2D eigenvalue weighted by molar-refractivity contribution is 0.0915. The molecule has 22 heavy (non-hydrogen) atoms. The third-order valence-corrected chi connectivity index (χ3v) is 4.31. The Morgan fingerprint density at radius 1 is 1.36 bits per heavy atom. The first-order valence-corrected chi connectivity index (χ1v) is 7.84. The van der Waals surface area contributed by atoms with Crippen molar-refractivity contribution in [2.24, 2.45) is 5.92 Å². The number of para-hydroxylation sites is 1. The maximum atomic E-state index is 12.0. The maximum absolute atomic E-state index is 12.0. The third-order valence-electron chi connectivity index (χ3n) is 3.26. The third kappa shape index (κ3) is 3.03. The standard InChI is InChI=1S/C16H16N2O3S/c1-10(9-19)8-17-15(20)12-6-7-13(21-12)16-18-11-4-2-3-5-14(11)22-16/h2-7,10,19H,8-9H2,1H3,(H,17,20). The number of furan rings is 1. The van der Waals surface area contributed by atoms with Gasteiger partial charge in [-0.05, 0) is 30.2 Å². The summed E-state index contributed by atoms with van der Waals surface area (Å²) in [5.41, 5.74) is 0.918. The van der Waals surface area contributed by atoms with Gasteiger partial charge in [0.15, 0.2) is 16.5 Å². The van der Waals surface area contributed by atoms with Gasteiger partial charge in [0.1, 0.15) is 0 Å². The van der Waals surface area contributed by atoms with E-state index in [1.165, 1.54) is 11.3 Å². The Balaban J connectivity index is 1.77. The van der Waals surface area contributed by atoms with Crippen LogP contribution in [0.2, 0.25) is 0 Å². The summed E-state index contributed by atoms with van der Waals surface area (Å²) in [6.45, 7) is 2.30. The molecule has 0 aliphatic rings. The zero-order valence-electron chi connectivity index (χ0n) is 12.1. The minimum Gasteiger partial charge on any atom is -0.448 e. The Morgan fingerprint density at radius 3 is 2.95 bits per heavy atom. The number of benzene rings is 1. The van der Waals surface area contributed by atoms with Crippen molar-refractivity contribution in [3.05, 3.63) is 42.2 Å². The van der Waals surface area contributed by atoms with Crippen molar-refractivity contribution in [3.63, 3.8) is 0 Å². The molecule has 2 aromatic heterocycles. The molecule has 6 heteroatoms. The largest absolute Gasteiger partial charge is 0.448 e. The van der Waals surface area contributed by atoms with Crippen LogP contribution in [0.3, 0.4) is 0 Å². The van der Waals surface area contributed by atoms with E-state index in [0.717, 1.165) is 15.2 Å². The number of aromatic nitrogens is 1. The van der Waals surface area contributed by atoms with E-state index in [0.29, 0.717) is 12.3 Å². The summed E-state index contributed by atoms with van der Waals surface area (Å²) in [5, 5.41) is 12.4. The maximum Gasteiger partial charge on any atom is 0.287 e. The zero-order valence-corrected chi connectivity index (χ0v) is 12.9. The molecule has 0 bridgehead atoms. The predicted octanol–water partition coefficient (Wildman–Crippen LogP) is 2.91. The monoisotopic (exact) mass is 316 g/mol. The lowest BCUT2D eigenvalue weighted by Gasteiger charge is -2.07. The average Bonchev–Trinajstić information content (AvgIpc) is 3.18. The molecule has 1 atom stereocenters. The molecule has 2 heterocycles. The van der Waals surface area contributed by atoms with Gasteiger partial charge in [-0.1, -0.05) is 19.1 Å². The van der Waals surface area contributed by atoms with Gasteiger partial charge in [0.05, 0.1) is 10.2 Å². The SMILES string of the molecule is CC(CO)CNC(=O)c1ccc(-c2nc3ccccc3s2)o1. The number of hydrogen-bond donors (Lipinski definition) is 2. The second-order valence-corrected chi connectivity index (χ2v) is 6.18. The summed E-state index contributed by atoms with van der Waals surface area (Å²) < 4.78 is 6.68. The highest BCUT2D eigenvalue weighted by atomic mass is 32.1. The van der Waals surface area contributed by atoms with Gasteiger partial charge in [0, 0.05) is 13.2 Å². The topological polar surface area (TPSA) is 75.4 Å². The molecule has 1 unspecified atom stereocenters. The number of carbonyl (C=O) groups is 1. The first-order chi connectivity index (χ1) is 10.7. The molecular formula is C16H16N2O3S. The fourth-order valence-electron chi connectivity index (χ4n) is 1.97. The van der Waals surface area contributed by atoms with Crippen molar-refractivity contribution >= 4 is 27.5 Å². The number of thiazole rings is 1. The highest BCUT2D eigenvalue weighted by molar-refractivity contribution is 7.21. The molecule has 3 aromatic rings. The average molecular weight is 316 g/mol. The zero-order chi connectivity index (χ0) is 15.5. The van der Waals surface area contributed by atoms with Gasteiger partial charge < -0.3 is 14.8 Å². The number of nitrogens with one attached hydrogen (secondary N) is 1. The number of rotatable bonds is 5. The molecule has 0 fully saturated rings. The molecule has 0 spiro atoms. The molecule has 0 saturated heterocycles. The van der Waals surface area contributed by atoms with E-state index < -0.39 is 0 Å². The molecular weight excluding hydrogens is 300 g/mol. The molecule has 3 rings (SSSR count). The van der Waals surface area contributed by atoms with Gasteiger partial charge in [0.2, 0.25) is 0 Å². The van der Waals surface area contributed by atoms with Crippen molar-refractivity contribution in [2.45, 2.75) is 6.92 Å². The van der Waals surface area contributed by atoms with Crippen molar-refractivity contribution < 1.29 is 14.3 Å². The Morgan fingerprint density at radius 2 is 2.18 bits per heavy atom. The van der Waals surface area contributed by atoms with Crippen molar-refractivity contribution in [1.82, 2.24) is 10.3 Å². The summed E-state index contributed by atoms with van der Waals surface area (Å²) in [5.74, 6) is 0.566. The van der Waals surface area contributed by atoms with Crippen LogP contribution in [-0.4, -0.2) is 29.1 Å². The molecule has 5 nitrogen and oxygen atoms in total. The van der Waals surface area contributed by atoms with Gasteiger partial charge in [0.25, 0.3) is 5.91 Å². The second kappa shape index (κ2) is 6.29. The van der Waals surface area contributed by atoms with Crippen LogP contribution >= 0.6 is 11.3 Å². The first kappa shape index (κ1) is 14.7. The van der Waals surface area contributed by atoms with Crippen LogP contribution in [0.5, 0.6) is 0 Å². The molecule has 2 N–H and O–H groups in total. The van der Waals surface area contributed by atoms with Gasteiger partial charge >= 0.3 is 0 Å². The predicted molar refractivity (Wildman–Crippen MR) is 85.9 cm³/mol. The summed E-state index contributed by atoms with van der Waals surface area (Å²) in [6.07, 6.45) is 0. The smallest absolute Gasteiger partial charge is 0.287 e. The summed E-state index contributed by atoms with van der Waals surface area (Å²) >= 11 is 1.53. The normalized spacial score (nSPS) is 12.5. The Kier molecular flexibility index (Phi) is 4.22. The van der Waals surface area contributed by atoms with E-state index in [4.69, 9.17) is 9.52 Å². The highest BCUT2D eigenvalue weighted by Crippen LogP contribution is 2.31. The summed E-state index contributed by atoms with van der Waals surface area (Å²) in [6, 6.07) is 11.2. The minimum absolute atomic E-state index is 0.0163. The van der Waals surface area contributed by atoms with Crippen LogP contribution in [-0.2, 0) is 0 Å². The first-order valence-electron chi connectivity index (χ1n) is 7.02. The number of aliphatic hydroxyl groups is 1. The van der Waals surface area contributed by atoms with Gasteiger partial charge in [-0.25, -0.2) is 4.98 Å². The van der Waals surface area contributed by atoms with E-state index in [1.807, 2.05) is 31.2 Å². The van der Waals surface area contributed by atoms with Crippen LogP contribution in [0.1, 0.15) is 17.5 Å². The van der Waals surface area contributed by atoms with Crippen LogP contribution in [0.15, 0.2) is 40.8 Å². The number of nitrogens with zero attached hydrogens (tertiary/aromatic N) is 1. The van der Waals surface area contributed by atoms with Crippen LogP contribution in [0.25, 0.3) is 21.0 Å². The number of aliphatic hydroxyl groups excluding tert-OH is 1. The summed E-state index contributed by atoms with van der Waals surface area (Å²) in [4.78, 5) is 16.5. The molecule has 1 aromatic carbocycles. The number of fused-ring (bicyclic) bond motifs is 1. The number of hydrogen-bond acceptors (Lipinski definition) is 5. The number of amides is 1. The van der Waals surface area contributed by atoms with Crippen molar-refractivity contribution in [3.8, 4) is 10.8 Å². The minimum atomic E-state index is -0.285. The van der Waals surface area contributed by atoms with Gasteiger partial charge in [-0.2, -0.15) is 0 Å². The van der Waals surface area contributed by atoms with Crippen LogP contribution in [0, 0.1) is 5.92 Å². The highest BCUT2D eigenvalue weighted by Gasteiger charge is 2.15. The molecule has 0 radical (unpaired) electrons. The van der Waals surface area contributed by atoms with Crippen molar-refractivity contribution in [1.29, 1.82) is 0 Å². The fourth-order valence-corrected chi connectivity index (χ4v) is 2.90. The van der Waals surface area contributed by atoms with Crippen molar-refractivity contribution in [2.75, 3.05) is 13.2 Å². The van der Waals surface area contributed by atoms with E-state index in [1.54, 1.807) is 12.1 Å². The Bertz CT molecular complexity index is 760. The molecule has 1 amide bonds. The van der Waals surface area contributed by atoms with E-state index in [-0.39, 0.29) is 24.2 Å². The molecule has 0 aliphatic carbocycles. The lowest BCUT2D eigenvalue weighted by atomic mass is 10.2. The number of carbonyl (C=O) groups excluding carboxylic acids is 1. The summed E-state index contributed by atoms with van der Waals surface area (Å²) in [7, 11) is 0. The molecule has 0 aliphatic heterocycles. The van der Waals surface area contributed by atoms with E-state index in [2.05, 4.69) is 10.3 Å². The second-order valence-electron chi connectivity index (χ2n) is 5.15. The quantitative estimate of drug-likeness (QED) is 0.759. The lowest BCUT2D eigenvalue weighted by Crippen LogP contribution is -2.29. The van der Waals surface area contributed by atoms with Crippen LogP contribution in [0.4, 0.5) is 0 Å². The Labute approximate surface area is 131 Å². The fraction of sp³-hybridized carbons (Fsp3) is 0.250. The van der Waals surface area contributed by atoms with E-state index >= 15 is 0 Å². The Hall–Kier alpha value is -2.18. The van der Waals surface area contributed by atoms with Crippen LogP contribution < -0.4 is 5.32 Å². The molecule has 114 valence electrons. The van der Waals surface area contributed by atoms with Gasteiger partial charge in [-0.3, -0.25) is 4.79 Å². The van der Waals surface area contributed by atoms with Gasteiger partial charge in [-0.15, -0.1) is 11.3 Å². The molecule has 0 saturated carbocycles. The van der Waals surface area contributed by atoms with E-state index in [9.17, 15) is 4.79 Å².